The monoisotopic (exact) mass is 162 g/mol. The zero-order valence-corrected chi connectivity index (χ0v) is 7.56. The summed E-state index contributed by atoms with van der Waals surface area (Å²) in [5.41, 5.74) is 0. The van der Waals surface area contributed by atoms with Gasteiger partial charge in [0.15, 0.2) is 0 Å². The van der Waals surface area contributed by atoms with Crippen LogP contribution < -0.4 is 0 Å². The van der Waals surface area contributed by atoms with Crippen LogP contribution in [0.3, 0.4) is 0 Å². The summed E-state index contributed by atoms with van der Waals surface area (Å²) in [7, 11) is -2.44. The Bertz CT molecular complexity index is 133. The van der Waals surface area contributed by atoms with Crippen molar-refractivity contribution in [3.63, 3.8) is 0 Å². The molecule has 1 unspecified atom stereocenters. The second-order valence-corrected chi connectivity index (χ2v) is 4.57. The lowest BCUT2D eigenvalue weighted by atomic mass is 10.6. The SMILES string of the molecule is C=CP(=O)(CCC)OCC. The lowest BCUT2D eigenvalue weighted by Crippen LogP contribution is -1.90. The zero-order valence-electron chi connectivity index (χ0n) is 6.67. The van der Waals surface area contributed by atoms with E-state index in [4.69, 9.17) is 4.52 Å². The molecule has 3 heteroatoms. The molecule has 0 bridgehead atoms. The summed E-state index contributed by atoms with van der Waals surface area (Å²) in [6, 6.07) is 0. The molecule has 10 heavy (non-hydrogen) atoms. The van der Waals surface area contributed by atoms with Crippen LogP contribution in [0.2, 0.25) is 0 Å². The fourth-order valence-electron chi connectivity index (χ4n) is 0.739. The van der Waals surface area contributed by atoms with Crippen molar-refractivity contribution in [2.75, 3.05) is 12.8 Å². The minimum Gasteiger partial charge on any atom is -0.326 e. The van der Waals surface area contributed by atoms with Crippen molar-refractivity contribution < 1.29 is 9.09 Å². The average Bonchev–Trinajstić information content (AvgIpc) is 1.89. The quantitative estimate of drug-likeness (QED) is 0.581. The van der Waals surface area contributed by atoms with Crippen LogP contribution in [0.15, 0.2) is 12.4 Å². The van der Waals surface area contributed by atoms with Gasteiger partial charge in [-0.05, 0) is 19.2 Å². The third-order valence-electron chi connectivity index (χ3n) is 1.16. The van der Waals surface area contributed by atoms with E-state index in [2.05, 4.69) is 6.58 Å². The molecule has 0 aromatic carbocycles. The van der Waals surface area contributed by atoms with Crippen molar-refractivity contribution in [1.82, 2.24) is 0 Å². The molecular formula is C7H15O2P. The van der Waals surface area contributed by atoms with Gasteiger partial charge in [-0.2, -0.15) is 0 Å². The molecule has 0 saturated heterocycles. The molecule has 0 rings (SSSR count). The van der Waals surface area contributed by atoms with Crippen LogP contribution in [0, 0.1) is 0 Å². The summed E-state index contributed by atoms with van der Waals surface area (Å²) in [4.78, 5) is 0. The van der Waals surface area contributed by atoms with Gasteiger partial charge in [0.1, 0.15) is 0 Å². The molecule has 0 radical (unpaired) electrons. The zero-order chi connectivity index (χ0) is 8.04. The largest absolute Gasteiger partial charge is 0.326 e. The highest BCUT2D eigenvalue weighted by atomic mass is 31.2. The summed E-state index contributed by atoms with van der Waals surface area (Å²) < 4.78 is 16.5. The van der Waals surface area contributed by atoms with Gasteiger partial charge in [-0.1, -0.05) is 13.5 Å². The smallest absolute Gasteiger partial charge is 0.224 e. The normalized spacial score (nSPS) is 16.2. The standard InChI is InChI=1S/C7H15O2P/c1-4-7-10(8,6-3)9-5-2/h6H,3-5,7H2,1-2H3. The molecular weight excluding hydrogens is 147 g/mol. The topological polar surface area (TPSA) is 26.3 Å². The molecule has 2 nitrogen and oxygen atoms in total. The predicted octanol–water partition coefficient (Wildman–Crippen LogP) is 2.85. The highest BCUT2D eigenvalue weighted by Crippen LogP contribution is 2.48. The van der Waals surface area contributed by atoms with Crippen molar-refractivity contribution in [3.05, 3.63) is 12.4 Å². The minimum absolute atomic E-state index is 0.503. The molecule has 0 heterocycles. The Morgan fingerprint density at radius 2 is 2.20 bits per heavy atom. The maximum atomic E-state index is 11.4. The first kappa shape index (κ1) is 9.93. The molecule has 0 saturated carbocycles. The summed E-state index contributed by atoms with van der Waals surface area (Å²) >= 11 is 0. The van der Waals surface area contributed by atoms with Gasteiger partial charge in [0, 0.05) is 6.16 Å². The first-order chi connectivity index (χ1) is 4.68. The van der Waals surface area contributed by atoms with Crippen LogP contribution in [-0.4, -0.2) is 12.8 Å². The first-order valence-corrected chi connectivity index (χ1v) is 5.43. The maximum Gasteiger partial charge on any atom is 0.224 e. The van der Waals surface area contributed by atoms with Crippen molar-refractivity contribution in [2.45, 2.75) is 20.3 Å². The molecule has 1 atom stereocenters. The fourth-order valence-corrected chi connectivity index (χ4v) is 2.22. The van der Waals surface area contributed by atoms with Crippen molar-refractivity contribution in [1.29, 1.82) is 0 Å². The highest BCUT2D eigenvalue weighted by molar-refractivity contribution is 7.62. The Hall–Kier alpha value is -0.0700. The minimum atomic E-state index is -2.44. The molecule has 0 fully saturated rings. The lowest BCUT2D eigenvalue weighted by Gasteiger charge is -2.10. The second kappa shape index (κ2) is 4.70. The van der Waals surface area contributed by atoms with Crippen LogP contribution in [0.25, 0.3) is 0 Å². The van der Waals surface area contributed by atoms with Crippen molar-refractivity contribution >= 4 is 7.37 Å². The Kier molecular flexibility index (Phi) is 4.67. The highest BCUT2D eigenvalue weighted by Gasteiger charge is 2.14. The van der Waals surface area contributed by atoms with E-state index in [-0.39, 0.29) is 0 Å². The van der Waals surface area contributed by atoms with Gasteiger partial charge in [-0.3, -0.25) is 4.57 Å². The Balaban J connectivity index is 3.95. The van der Waals surface area contributed by atoms with E-state index in [0.29, 0.717) is 12.8 Å². The van der Waals surface area contributed by atoms with Crippen LogP contribution >= 0.6 is 7.37 Å². The molecule has 0 aromatic rings. The van der Waals surface area contributed by atoms with Gasteiger partial charge in [-0.15, -0.1) is 0 Å². The third-order valence-corrected chi connectivity index (χ3v) is 3.48. The van der Waals surface area contributed by atoms with E-state index in [0.717, 1.165) is 6.42 Å². The molecule has 60 valence electrons. The number of hydrogen-bond donors (Lipinski definition) is 0. The van der Waals surface area contributed by atoms with E-state index in [9.17, 15) is 4.57 Å². The lowest BCUT2D eigenvalue weighted by molar-refractivity contribution is 0.339. The first-order valence-electron chi connectivity index (χ1n) is 3.55. The summed E-state index contributed by atoms with van der Waals surface area (Å²) in [5, 5.41) is 0. The van der Waals surface area contributed by atoms with Crippen molar-refractivity contribution in [3.8, 4) is 0 Å². The molecule has 0 aliphatic rings. The summed E-state index contributed by atoms with van der Waals surface area (Å²) in [5.74, 6) is 1.44. The average molecular weight is 162 g/mol. The van der Waals surface area contributed by atoms with Crippen molar-refractivity contribution in [2.24, 2.45) is 0 Å². The molecule has 0 N–H and O–H groups in total. The number of hydrogen-bond acceptors (Lipinski definition) is 2. The molecule has 0 aliphatic carbocycles. The van der Waals surface area contributed by atoms with E-state index in [1.54, 1.807) is 0 Å². The van der Waals surface area contributed by atoms with Gasteiger partial charge in [-0.25, -0.2) is 0 Å². The van der Waals surface area contributed by atoms with Crippen LogP contribution in [0.5, 0.6) is 0 Å². The van der Waals surface area contributed by atoms with E-state index in [1.807, 2.05) is 13.8 Å². The van der Waals surface area contributed by atoms with Crippen LogP contribution in [-0.2, 0) is 9.09 Å². The Labute approximate surface area is 62.7 Å². The van der Waals surface area contributed by atoms with Crippen LogP contribution in [0.4, 0.5) is 0 Å². The van der Waals surface area contributed by atoms with Gasteiger partial charge in [0.25, 0.3) is 0 Å². The molecule has 0 aromatic heterocycles. The van der Waals surface area contributed by atoms with Gasteiger partial charge in [0.05, 0.1) is 6.61 Å². The van der Waals surface area contributed by atoms with E-state index >= 15 is 0 Å². The Morgan fingerprint density at radius 3 is 2.50 bits per heavy atom. The van der Waals surface area contributed by atoms with E-state index in [1.165, 1.54) is 5.82 Å². The Morgan fingerprint density at radius 1 is 1.60 bits per heavy atom. The number of rotatable bonds is 5. The van der Waals surface area contributed by atoms with Gasteiger partial charge >= 0.3 is 0 Å². The van der Waals surface area contributed by atoms with Crippen LogP contribution in [0.1, 0.15) is 20.3 Å². The second-order valence-electron chi connectivity index (χ2n) is 2.05. The van der Waals surface area contributed by atoms with E-state index < -0.39 is 7.37 Å². The summed E-state index contributed by atoms with van der Waals surface area (Å²) in [6.07, 6.45) is 1.49. The third kappa shape index (κ3) is 3.19. The fraction of sp³-hybridized carbons (Fsp3) is 0.714. The predicted molar refractivity (Wildman–Crippen MR) is 44.6 cm³/mol. The molecule has 0 aliphatic heterocycles. The maximum absolute atomic E-state index is 11.4. The molecule has 0 amide bonds. The van der Waals surface area contributed by atoms with Gasteiger partial charge < -0.3 is 4.52 Å². The molecule has 0 spiro atoms. The van der Waals surface area contributed by atoms with Gasteiger partial charge in [0.2, 0.25) is 7.37 Å². The summed E-state index contributed by atoms with van der Waals surface area (Å²) in [6.45, 7) is 7.81.